The highest BCUT2D eigenvalue weighted by molar-refractivity contribution is 6.33. The number of hydrogen-bond acceptors (Lipinski definition) is 3. The first-order valence-electron chi connectivity index (χ1n) is 3.48. The molecule has 1 aromatic rings. The van der Waals surface area contributed by atoms with Crippen molar-refractivity contribution in [3.05, 3.63) is 28.8 Å². The number of hydrogen-bond donors (Lipinski definition) is 3. The lowest BCUT2D eigenvalue weighted by atomic mass is 10.1. The predicted octanol–water partition coefficient (Wildman–Crippen LogP) is 1.04. The van der Waals surface area contributed by atoms with Crippen molar-refractivity contribution in [1.29, 1.82) is 0 Å². The fourth-order valence-corrected chi connectivity index (χ4v) is 0.992. The van der Waals surface area contributed by atoms with Crippen LogP contribution in [0, 0.1) is 0 Å². The third-order valence-electron chi connectivity index (χ3n) is 1.57. The van der Waals surface area contributed by atoms with Crippen LogP contribution in [0.15, 0.2) is 18.2 Å². The summed E-state index contributed by atoms with van der Waals surface area (Å²) in [6.07, 6.45) is -1.56. The van der Waals surface area contributed by atoms with E-state index in [4.69, 9.17) is 27.5 Å². The topological polar surface area (TPSA) is 83.5 Å². The SMILES string of the molecule is Nc1cc(C(O)C(=O)O)ccc1Cl. The Hall–Kier alpha value is -1.26. The minimum absolute atomic E-state index is 0.217. The molecule has 5 heteroatoms. The summed E-state index contributed by atoms with van der Waals surface area (Å²) < 4.78 is 0. The Labute approximate surface area is 79.6 Å². The van der Waals surface area contributed by atoms with Gasteiger partial charge in [0, 0.05) is 0 Å². The maximum atomic E-state index is 10.4. The Kier molecular flexibility index (Phi) is 2.75. The molecule has 0 aromatic heterocycles. The first-order chi connectivity index (χ1) is 6.02. The second kappa shape index (κ2) is 3.64. The first kappa shape index (κ1) is 9.83. The van der Waals surface area contributed by atoms with Crippen LogP contribution in [-0.2, 0) is 4.79 Å². The second-order valence-corrected chi connectivity index (χ2v) is 2.93. The number of carboxylic acids is 1. The van der Waals surface area contributed by atoms with E-state index in [1.54, 1.807) is 0 Å². The molecule has 0 heterocycles. The van der Waals surface area contributed by atoms with Gasteiger partial charge in [0.2, 0.25) is 0 Å². The van der Waals surface area contributed by atoms with Gasteiger partial charge in [-0.15, -0.1) is 0 Å². The molecule has 0 radical (unpaired) electrons. The summed E-state index contributed by atoms with van der Waals surface area (Å²) in [7, 11) is 0. The molecule has 1 unspecified atom stereocenters. The zero-order valence-electron chi connectivity index (χ0n) is 6.57. The molecule has 4 N–H and O–H groups in total. The molecule has 0 saturated heterocycles. The molecule has 1 aromatic carbocycles. The molecule has 13 heavy (non-hydrogen) atoms. The van der Waals surface area contributed by atoms with Crippen LogP contribution < -0.4 is 5.73 Å². The van der Waals surface area contributed by atoms with Crippen LogP contribution in [0.3, 0.4) is 0 Å². The van der Waals surface area contributed by atoms with Crippen molar-refractivity contribution in [3.8, 4) is 0 Å². The Balaban J connectivity index is 3.03. The zero-order chi connectivity index (χ0) is 10.0. The molecule has 4 nitrogen and oxygen atoms in total. The predicted molar refractivity (Wildman–Crippen MR) is 48.5 cm³/mol. The van der Waals surface area contributed by atoms with Crippen LogP contribution in [0.1, 0.15) is 11.7 Å². The molecule has 0 aliphatic heterocycles. The largest absolute Gasteiger partial charge is 0.479 e. The summed E-state index contributed by atoms with van der Waals surface area (Å²) in [5, 5.41) is 17.9. The highest BCUT2D eigenvalue weighted by Crippen LogP contribution is 2.23. The lowest BCUT2D eigenvalue weighted by molar-refractivity contribution is -0.146. The summed E-state index contributed by atoms with van der Waals surface area (Å²) >= 11 is 5.61. The standard InChI is InChI=1S/C8H8ClNO3/c9-5-2-1-4(3-6(5)10)7(11)8(12)13/h1-3,7,11H,10H2,(H,12,13). The minimum atomic E-state index is -1.56. The molecular weight excluding hydrogens is 194 g/mol. The smallest absolute Gasteiger partial charge is 0.337 e. The van der Waals surface area contributed by atoms with E-state index in [-0.39, 0.29) is 11.3 Å². The third-order valence-corrected chi connectivity index (χ3v) is 1.91. The molecule has 0 spiro atoms. The number of aliphatic hydroxyl groups is 1. The van der Waals surface area contributed by atoms with Crippen LogP contribution in [0.2, 0.25) is 5.02 Å². The number of rotatable bonds is 2. The number of nitrogen functional groups attached to an aromatic ring is 1. The van der Waals surface area contributed by atoms with E-state index in [1.807, 2.05) is 0 Å². The van der Waals surface area contributed by atoms with Crippen molar-refractivity contribution in [2.24, 2.45) is 0 Å². The fourth-order valence-electron chi connectivity index (χ4n) is 0.875. The van der Waals surface area contributed by atoms with Gasteiger partial charge >= 0.3 is 5.97 Å². The molecule has 0 bridgehead atoms. The minimum Gasteiger partial charge on any atom is -0.479 e. The van der Waals surface area contributed by atoms with Crippen LogP contribution in [-0.4, -0.2) is 16.2 Å². The quantitative estimate of drug-likeness (QED) is 0.625. The Bertz CT molecular complexity index is 340. The molecular formula is C8H8ClNO3. The van der Waals surface area contributed by atoms with Crippen molar-refractivity contribution in [1.82, 2.24) is 0 Å². The Morgan fingerprint density at radius 1 is 1.54 bits per heavy atom. The number of nitrogens with two attached hydrogens (primary N) is 1. The third kappa shape index (κ3) is 2.11. The van der Waals surface area contributed by atoms with Gasteiger partial charge in [0.15, 0.2) is 6.10 Å². The molecule has 0 amide bonds. The van der Waals surface area contributed by atoms with Gasteiger partial charge in [0.05, 0.1) is 10.7 Å². The van der Waals surface area contributed by atoms with Crippen LogP contribution >= 0.6 is 11.6 Å². The average molecular weight is 202 g/mol. The number of carbonyl (C=O) groups is 1. The number of aliphatic carboxylic acids is 1. The molecule has 70 valence electrons. The summed E-state index contributed by atoms with van der Waals surface area (Å²) in [4.78, 5) is 10.4. The summed E-state index contributed by atoms with van der Waals surface area (Å²) in [5.74, 6) is -1.32. The van der Waals surface area contributed by atoms with E-state index in [1.165, 1.54) is 18.2 Å². The van der Waals surface area contributed by atoms with Gasteiger partial charge in [0.1, 0.15) is 0 Å². The first-order valence-corrected chi connectivity index (χ1v) is 3.86. The summed E-state index contributed by atoms with van der Waals surface area (Å²) in [6, 6.07) is 4.19. The van der Waals surface area contributed by atoms with Crippen LogP contribution in [0.4, 0.5) is 5.69 Å². The monoisotopic (exact) mass is 201 g/mol. The molecule has 0 aliphatic carbocycles. The van der Waals surface area contributed by atoms with Gasteiger partial charge in [0.25, 0.3) is 0 Å². The number of carboxylic acid groups (broad SMARTS) is 1. The van der Waals surface area contributed by atoms with E-state index >= 15 is 0 Å². The van der Waals surface area contributed by atoms with Crippen LogP contribution in [0.25, 0.3) is 0 Å². The molecule has 1 atom stereocenters. The summed E-state index contributed by atoms with van der Waals surface area (Å²) in [6.45, 7) is 0. The zero-order valence-corrected chi connectivity index (χ0v) is 7.32. The fraction of sp³-hybridized carbons (Fsp3) is 0.125. The van der Waals surface area contributed by atoms with Gasteiger partial charge in [-0.1, -0.05) is 17.7 Å². The number of aliphatic hydroxyl groups excluding tert-OH is 1. The van der Waals surface area contributed by atoms with Crippen molar-refractivity contribution in [3.63, 3.8) is 0 Å². The second-order valence-electron chi connectivity index (χ2n) is 2.52. The Morgan fingerprint density at radius 2 is 2.15 bits per heavy atom. The molecule has 0 saturated carbocycles. The highest BCUT2D eigenvalue weighted by Gasteiger charge is 2.16. The normalized spacial score (nSPS) is 12.5. The van der Waals surface area contributed by atoms with Crippen molar-refractivity contribution < 1.29 is 15.0 Å². The van der Waals surface area contributed by atoms with Crippen molar-refractivity contribution >= 4 is 23.3 Å². The van der Waals surface area contributed by atoms with E-state index in [0.29, 0.717) is 5.02 Å². The van der Waals surface area contributed by atoms with E-state index in [9.17, 15) is 4.79 Å². The number of halogens is 1. The average Bonchev–Trinajstić information content (AvgIpc) is 2.08. The van der Waals surface area contributed by atoms with Gasteiger partial charge < -0.3 is 15.9 Å². The van der Waals surface area contributed by atoms with E-state index in [0.717, 1.165) is 0 Å². The number of anilines is 1. The van der Waals surface area contributed by atoms with Gasteiger partial charge in [-0.05, 0) is 17.7 Å². The van der Waals surface area contributed by atoms with E-state index in [2.05, 4.69) is 0 Å². The highest BCUT2D eigenvalue weighted by atomic mass is 35.5. The summed E-state index contributed by atoms with van der Waals surface area (Å²) in [5.41, 5.74) is 5.89. The Morgan fingerprint density at radius 3 is 2.62 bits per heavy atom. The van der Waals surface area contributed by atoms with Gasteiger partial charge in [-0.25, -0.2) is 4.79 Å². The molecule has 1 rings (SSSR count). The molecule has 0 aliphatic rings. The van der Waals surface area contributed by atoms with E-state index < -0.39 is 12.1 Å². The number of benzene rings is 1. The van der Waals surface area contributed by atoms with Crippen molar-refractivity contribution in [2.45, 2.75) is 6.10 Å². The maximum absolute atomic E-state index is 10.4. The maximum Gasteiger partial charge on any atom is 0.337 e. The van der Waals surface area contributed by atoms with Gasteiger partial charge in [-0.2, -0.15) is 0 Å². The van der Waals surface area contributed by atoms with Crippen LogP contribution in [0.5, 0.6) is 0 Å². The van der Waals surface area contributed by atoms with Crippen molar-refractivity contribution in [2.75, 3.05) is 5.73 Å². The lowest BCUT2D eigenvalue weighted by Crippen LogP contribution is -2.10. The lowest BCUT2D eigenvalue weighted by Gasteiger charge is -2.06. The van der Waals surface area contributed by atoms with Gasteiger partial charge in [-0.3, -0.25) is 0 Å². The molecule has 0 fully saturated rings.